The molecular formula is C28H30ClN5O4S. The number of halogens is 1. The Morgan fingerprint density at radius 1 is 1.03 bits per heavy atom. The minimum atomic E-state index is -3.98. The number of anilines is 1. The van der Waals surface area contributed by atoms with Gasteiger partial charge in [-0.2, -0.15) is 9.57 Å². The van der Waals surface area contributed by atoms with E-state index < -0.39 is 21.5 Å². The number of para-hydroxylation sites is 1. The quantitative estimate of drug-likeness (QED) is 0.597. The van der Waals surface area contributed by atoms with Crippen molar-refractivity contribution in [2.75, 3.05) is 37.6 Å². The van der Waals surface area contributed by atoms with Gasteiger partial charge in [0.2, 0.25) is 15.9 Å². The van der Waals surface area contributed by atoms with Crippen LogP contribution in [0.25, 0.3) is 0 Å². The van der Waals surface area contributed by atoms with Crippen molar-refractivity contribution in [3.05, 3.63) is 58.6 Å². The molecule has 2 aromatic carbocycles. The van der Waals surface area contributed by atoms with Gasteiger partial charge in [0.05, 0.1) is 22.6 Å². The Balaban J connectivity index is 1.36. The van der Waals surface area contributed by atoms with E-state index in [1.54, 1.807) is 4.90 Å². The molecule has 2 bridgehead atoms. The lowest BCUT2D eigenvalue weighted by atomic mass is 9.78. The van der Waals surface area contributed by atoms with Crippen molar-refractivity contribution in [3.8, 4) is 6.07 Å². The van der Waals surface area contributed by atoms with Crippen LogP contribution in [0.1, 0.15) is 43.2 Å². The molecule has 3 saturated heterocycles. The molecule has 4 aliphatic rings. The summed E-state index contributed by atoms with van der Waals surface area (Å²) < 4.78 is 28.7. The summed E-state index contributed by atoms with van der Waals surface area (Å²) in [4.78, 5) is 32.0. The first-order chi connectivity index (χ1) is 18.8. The molecule has 0 unspecified atom stereocenters. The molecule has 11 heteroatoms. The zero-order valence-corrected chi connectivity index (χ0v) is 23.0. The molecule has 3 atom stereocenters. The lowest BCUT2D eigenvalue weighted by Crippen LogP contribution is -2.56. The number of hydrogen-bond acceptors (Lipinski definition) is 6. The topological polar surface area (TPSA) is 114 Å². The molecule has 6 rings (SSSR count). The third-order valence-electron chi connectivity index (χ3n) is 8.69. The van der Waals surface area contributed by atoms with Crippen molar-refractivity contribution in [1.82, 2.24) is 14.5 Å². The van der Waals surface area contributed by atoms with Crippen LogP contribution in [0.5, 0.6) is 0 Å². The molecule has 0 radical (unpaired) electrons. The number of hydrogen-bond donors (Lipinski definition) is 1. The molecule has 1 N–H and O–H groups in total. The number of rotatable bonds is 2. The van der Waals surface area contributed by atoms with Crippen LogP contribution in [0.2, 0.25) is 5.02 Å². The standard InChI is InChI=1S/C28H30ClN5O4S/c29-23-16-19(18-30)9-10-25(23)39(37,38)32-12-4-11-31-26(35)22-17-20-6-3-15-34(20)28(22)21-7-1-2-8-24(21)33(27(28)36)14-5-13-32/h1-2,7-10,16,20,22H,3-6,11-15,17H2,(H,31,35)/t20-,22+,28+/m0/s1. The van der Waals surface area contributed by atoms with Gasteiger partial charge in [-0.1, -0.05) is 29.8 Å². The van der Waals surface area contributed by atoms with Crippen molar-refractivity contribution >= 4 is 39.1 Å². The summed E-state index contributed by atoms with van der Waals surface area (Å²) in [7, 11) is -3.98. The number of sulfonamides is 1. The monoisotopic (exact) mass is 567 g/mol. The molecule has 0 aliphatic carbocycles. The molecule has 2 amide bonds. The van der Waals surface area contributed by atoms with Gasteiger partial charge in [-0.3, -0.25) is 14.5 Å². The van der Waals surface area contributed by atoms with E-state index in [4.69, 9.17) is 16.9 Å². The number of carbonyl (C=O) groups excluding carboxylic acids is 2. The third-order valence-corrected chi connectivity index (χ3v) is 11.1. The minimum absolute atomic E-state index is 0.0103. The average Bonchev–Trinajstić information content (AvgIpc) is 3.58. The van der Waals surface area contributed by atoms with Crippen LogP contribution >= 0.6 is 11.6 Å². The van der Waals surface area contributed by atoms with E-state index in [-0.39, 0.29) is 46.4 Å². The van der Waals surface area contributed by atoms with Crippen molar-refractivity contribution in [1.29, 1.82) is 5.26 Å². The largest absolute Gasteiger partial charge is 0.356 e. The number of nitrogens with zero attached hydrogens (tertiary/aromatic N) is 4. The van der Waals surface area contributed by atoms with Crippen LogP contribution in [0.3, 0.4) is 0 Å². The van der Waals surface area contributed by atoms with Gasteiger partial charge in [-0.15, -0.1) is 0 Å². The molecule has 0 aromatic heterocycles. The Morgan fingerprint density at radius 2 is 1.82 bits per heavy atom. The number of nitrogens with one attached hydrogen (secondary N) is 1. The highest BCUT2D eigenvalue weighted by Crippen LogP contribution is 2.57. The molecule has 3 fully saturated rings. The van der Waals surface area contributed by atoms with E-state index in [1.807, 2.05) is 30.3 Å². The molecule has 0 saturated carbocycles. The first kappa shape index (κ1) is 26.3. The number of carbonyl (C=O) groups is 2. The molecule has 4 aliphatic heterocycles. The first-order valence-electron chi connectivity index (χ1n) is 13.5. The smallest absolute Gasteiger partial charge is 0.253 e. The first-order valence-corrected chi connectivity index (χ1v) is 15.3. The summed E-state index contributed by atoms with van der Waals surface area (Å²) in [6, 6.07) is 14.0. The van der Waals surface area contributed by atoms with E-state index in [0.29, 0.717) is 32.4 Å². The van der Waals surface area contributed by atoms with Crippen LogP contribution in [0, 0.1) is 17.2 Å². The summed E-state index contributed by atoms with van der Waals surface area (Å²) in [5.74, 6) is -0.741. The fourth-order valence-electron chi connectivity index (χ4n) is 7.05. The predicted octanol–water partition coefficient (Wildman–Crippen LogP) is 2.84. The molecule has 39 heavy (non-hydrogen) atoms. The van der Waals surface area contributed by atoms with Gasteiger partial charge in [-0.05, 0) is 62.9 Å². The lowest BCUT2D eigenvalue weighted by molar-refractivity contribution is -0.138. The van der Waals surface area contributed by atoms with Crippen LogP contribution in [0.4, 0.5) is 5.69 Å². The maximum Gasteiger partial charge on any atom is 0.253 e. The molecule has 204 valence electrons. The fourth-order valence-corrected chi connectivity index (χ4v) is 9.08. The van der Waals surface area contributed by atoms with Crippen LogP contribution in [-0.4, -0.2) is 68.2 Å². The van der Waals surface area contributed by atoms with Gasteiger partial charge in [0.25, 0.3) is 5.91 Å². The van der Waals surface area contributed by atoms with E-state index in [2.05, 4.69) is 10.2 Å². The Hall–Kier alpha value is -2.97. The number of benzene rings is 2. The Kier molecular flexibility index (Phi) is 6.66. The third kappa shape index (κ3) is 3.98. The van der Waals surface area contributed by atoms with Gasteiger partial charge >= 0.3 is 0 Å². The van der Waals surface area contributed by atoms with E-state index in [1.165, 1.54) is 22.5 Å². The van der Waals surface area contributed by atoms with Crippen molar-refractivity contribution in [2.24, 2.45) is 5.92 Å². The normalized spacial score (nSPS) is 27.9. The summed E-state index contributed by atoms with van der Waals surface area (Å²) in [5, 5.41) is 12.2. The van der Waals surface area contributed by atoms with Crippen molar-refractivity contribution < 1.29 is 18.0 Å². The lowest BCUT2D eigenvalue weighted by Gasteiger charge is -2.37. The van der Waals surface area contributed by atoms with Gasteiger partial charge < -0.3 is 10.2 Å². The number of amides is 2. The predicted molar refractivity (Wildman–Crippen MR) is 145 cm³/mol. The Bertz CT molecular complexity index is 1490. The molecule has 1 spiro atoms. The second-order valence-electron chi connectivity index (χ2n) is 10.7. The van der Waals surface area contributed by atoms with E-state index >= 15 is 0 Å². The van der Waals surface area contributed by atoms with Gasteiger partial charge in [-0.25, -0.2) is 8.42 Å². The summed E-state index contributed by atoms with van der Waals surface area (Å²) >= 11 is 6.28. The Labute approximate surface area is 233 Å². The second-order valence-corrected chi connectivity index (χ2v) is 13.0. The number of nitriles is 1. The van der Waals surface area contributed by atoms with Crippen LogP contribution < -0.4 is 10.2 Å². The second kappa shape index (κ2) is 9.89. The van der Waals surface area contributed by atoms with Crippen LogP contribution in [0.15, 0.2) is 47.4 Å². The van der Waals surface area contributed by atoms with Gasteiger partial charge in [0.1, 0.15) is 10.4 Å². The summed E-state index contributed by atoms with van der Waals surface area (Å²) in [5.41, 5.74) is 0.940. The van der Waals surface area contributed by atoms with Crippen LogP contribution in [-0.2, 0) is 25.2 Å². The molecular weight excluding hydrogens is 538 g/mol. The van der Waals surface area contributed by atoms with E-state index in [9.17, 15) is 18.0 Å². The van der Waals surface area contributed by atoms with Gasteiger partial charge in [0.15, 0.2) is 0 Å². The molecule has 2 aromatic rings. The van der Waals surface area contributed by atoms with E-state index in [0.717, 1.165) is 30.6 Å². The zero-order valence-electron chi connectivity index (χ0n) is 21.5. The Morgan fingerprint density at radius 3 is 2.62 bits per heavy atom. The minimum Gasteiger partial charge on any atom is -0.356 e. The van der Waals surface area contributed by atoms with Crippen molar-refractivity contribution in [2.45, 2.75) is 48.6 Å². The average molecular weight is 568 g/mol. The SMILES string of the molecule is N#Cc1ccc(S(=O)(=O)N2CCCNC(=O)[C@H]3C[C@@H]4CCCN4[C@@]34C(=O)N(CCC2)c2ccccc24)c(Cl)c1. The van der Waals surface area contributed by atoms with Crippen molar-refractivity contribution in [3.63, 3.8) is 0 Å². The maximum absolute atomic E-state index is 14.4. The summed E-state index contributed by atoms with van der Waals surface area (Å²) in [6.07, 6.45) is 3.45. The molecule has 4 heterocycles. The zero-order chi connectivity index (χ0) is 27.4. The summed E-state index contributed by atoms with van der Waals surface area (Å²) in [6.45, 7) is 1.77. The number of fused-ring (bicyclic) bond motifs is 4. The van der Waals surface area contributed by atoms with Gasteiger partial charge in [0, 0.05) is 43.5 Å². The fraction of sp³-hybridized carbons (Fsp3) is 0.464. The molecule has 9 nitrogen and oxygen atoms in total. The highest BCUT2D eigenvalue weighted by atomic mass is 35.5. The highest BCUT2D eigenvalue weighted by Gasteiger charge is 2.67. The maximum atomic E-state index is 14.4. The highest BCUT2D eigenvalue weighted by molar-refractivity contribution is 7.89.